The van der Waals surface area contributed by atoms with E-state index in [1.807, 2.05) is 6.92 Å². The molecule has 0 amide bonds. The fourth-order valence-corrected chi connectivity index (χ4v) is 1.67. The second-order valence-corrected chi connectivity index (χ2v) is 4.00. The van der Waals surface area contributed by atoms with Crippen molar-refractivity contribution in [3.8, 4) is 0 Å². The number of likely N-dealkylation sites (N-methyl/N-ethyl adjacent to an activating group) is 1. The number of Topliss-reactive ketones (excluding diaryl/α,β-unsaturated/α-hetero) is 1. The molecule has 86 valence electrons. The van der Waals surface area contributed by atoms with Gasteiger partial charge in [-0.15, -0.1) is 0 Å². The van der Waals surface area contributed by atoms with E-state index < -0.39 is 0 Å². The number of hydrogen-bond acceptors (Lipinski definition) is 3. The quantitative estimate of drug-likeness (QED) is 0.647. The van der Waals surface area contributed by atoms with Crippen molar-refractivity contribution in [2.45, 2.75) is 32.8 Å². The van der Waals surface area contributed by atoms with Crippen LogP contribution in [0.15, 0.2) is 12.2 Å². The van der Waals surface area contributed by atoms with E-state index in [9.17, 15) is 4.79 Å². The minimum absolute atomic E-state index is 0.181. The number of hydrogen-bond donors (Lipinski definition) is 0. The number of rotatable bonds is 5. The smallest absolute Gasteiger partial charge is 0.166 e. The van der Waals surface area contributed by atoms with Crippen molar-refractivity contribution in [1.82, 2.24) is 4.90 Å². The van der Waals surface area contributed by atoms with Gasteiger partial charge in [0, 0.05) is 19.5 Å². The second-order valence-electron chi connectivity index (χ2n) is 4.00. The summed E-state index contributed by atoms with van der Waals surface area (Å²) in [6.45, 7) is 11.3. The van der Waals surface area contributed by atoms with Gasteiger partial charge in [0.1, 0.15) is 6.10 Å². The van der Waals surface area contributed by atoms with Crippen molar-refractivity contribution in [3.05, 3.63) is 12.2 Å². The van der Waals surface area contributed by atoms with Gasteiger partial charge >= 0.3 is 0 Å². The third-order valence-electron chi connectivity index (χ3n) is 2.88. The maximum atomic E-state index is 11.8. The minimum atomic E-state index is -0.234. The molecule has 3 nitrogen and oxygen atoms in total. The van der Waals surface area contributed by atoms with E-state index in [-0.39, 0.29) is 11.9 Å². The average molecular weight is 211 g/mol. The number of carbonyl (C=O) groups is 1. The summed E-state index contributed by atoms with van der Waals surface area (Å²) in [6, 6.07) is 0. The van der Waals surface area contributed by atoms with Crippen LogP contribution in [-0.2, 0) is 9.53 Å². The molecule has 1 aliphatic rings. The fraction of sp³-hybridized carbons (Fsp3) is 0.750. The van der Waals surface area contributed by atoms with Crippen LogP contribution in [0.1, 0.15) is 26.7 Å². The van der Waals surface area contributed by atoms with E-state index in [4.69, 9.17) is 4.74 Å². The first-order valence-electron chi connectivity index (χ1n) is 5.70. The van der Waals surface area contributed by atoms with Crippen LogP contribution >= 0.6 is 0 Å². The van der Waals surface area contributed by atoms with Crippen molar-refractivity contribution in [2.24, 2.45) is 0 Å². The molecule has 0 radical (unpaired) electrons. The van der Waals surface area contributed by atoms with E-state index in [0.29, 0.717) is 13.0 Å². The highest BCUT2D eigenvalue weighted by molar-refractivity contribution is 5.85. The zero-order valence-corrected chi connectivity index (χ0v) is 9.79. The summed E-state index contributed by atoms with van der Waals surface area (Å²) in [6.07, 6.45) is 1.11. The Morgan fingerprint density at radius 1 is 1.53 bits per heavy atom. The predicted molar refractivity (Wildman–Crippen MR) is 60.9 cm³/mol. The first kappa shape index (κ1) is 12.4. The number of ketones is 1. The second kappa shape index (κ2) is 6.03. The topological polar surface area (TPSA) is 29.5 Å². The first-order valence-corrected chi connectivity index (χ1v) is 5.70. The Morgan fingerprint density at radius 3 is 2.87 bits per heavy atom. The molecule has 1 atom stereocenters. The van der Waals surface area contributed by atoms with Gasteiger partial charge in [-0.05, 0) is 13.0 Å². The molecule has 0 aromatic rings. The Morgan fingerprint density at radius 2 is 2.27 bits per heavy atom. The summed E-state index contributed by atoms with van der Waals surface area (Å²) in [5.41, 5.74) is 0.997. The van der Waals surface area contributed by atoms with Crippen molar-refractivity contribution < 1.29 is 9.53 Å². The van der Waals surface area contributed by atoms with Gasteiger partial charge in [0.05, 0.1) is 6.61 Å². The standard InChI is InChI=1S/C12H21NO2/c1-4-10(3)8-11(14)12-9-13(5-2)6-7-15-12/h12H,3-9H2,1-2H3. The average Bonchev–Trinajstić information content (AvgIpc) is 2.28. The summed E-state index contributed by atoms with van der Waals surface area (Å²) in [4.78, 5) is 14.1. The SMILES string of the molecule is C=C(CC)CC(=O)C1CN(CC)CCO1. The van der Waals surface area contributed by atoms with Gasteiger partial charge in [0.25, 0.3) is 0 Å². The number of allylic oxidation sites excluding steroid dienone is 1. The highest BCUT2D eigenvalue weighted by Crippen LogP contribution is 2.11. The summed E-state index contributed by atoms with van der Waals surface area (Å²) in [7, 11) is 0. The highest BCUT2D eigenvalue weighted by Gasteiger charge is 2.25. The van der Waals surface area contributed by atoms with E-state index in [1.54, 1.807) is 0 Å². The Kier molecular flexibility index (Phi) is 4.99. The zero-order chi connectivity index (χ0) is 11.3. The third kappa shape index (κ3) is 3.76. The molecule has 15 heavy (non-hydrogen) atoms. The molecule has 1 unspecified atom stereocenters. The predicted octanol–water partition coefficient (Wildman–Crippen LogP) is 1.63. The lowest BCUT2D eigenvalue weighted by atomic mass is 10.0. The van der Waals surface area contributed by atoms with Crippen molar-refractivity contribution >= 4 is 5.78 Å². The molecule has 1 aliphatic heterocycles. The lowest BCUT2D eigenvalue weighted by Gasteiger charge is -2.31. The summed E-state index contributed by atoms with van der Waals surface area (Å²) in [5, 5.41) is 0. The van der Waals surface area contributed by atoms with Crippen molar-refractivity contribution in [1.29, 1.82) is 0 Å². The van der Waals surface area contributed by atoms with Crippen LogP contribution in [0, 0.1) is 0 Å². The van der Waals surface area contributed by atoms with E-state index >= 15 is 0 Å². The first-order chi connectivity index (χ1) is 7.17. The molecule has 0 spiro atoms. The van der Waals surface area contributed by atoms with Gasteiger partial charge in [-0.2, -0.15) is 0 Å². The maximum absolute atomic E-state index is 11.8. The van der Waals surface area contributed by atoms with Gasteiger partial charge in [-0.1, -0.05) is 26.0 Å². The summed E-state index contributed by atoms with van der Waals surface area (Å²) in [5.74, 6) is 0.181. The number of nitrogens with zero attached hydrogens (tertiary/aromatic N) is 1. The molecule has 1 rings (SSSR count). The molecule has 0 aromatic heterocycles. The van der Waals surface area contributed by atoms with E-state index in [2.05, 4.69) is 18.4 Å². The largest absolute Gasteiger partial charge is 0.368 e. The summed E-state index contributed by atoms with van der Waals surface area (Å²) < 4.78 is 5.48. The molecule has 0 aliphatic carbocycles. The Balaban J connectivity index is 2.41. The maximum Gasteiger partial charge on any atom is 0.166 e. The molecule has 0 bridgehead atoms. The van der Waals surface area contributed by atoms with Crippen LogP contribution < -0.4 is 0 Å². The molecular weight excluding hydrogens is 190 g/mol. The van der Waals surface area contributed by atoms with Crippen molar-refractivity contribution in [3.63, 3.8) is 0 Å². The van der Waals surface area contributed by atoms with E-state index in [1.165, 1.54) is 0 Å². The van der Waals surface area contributed by atoms with Gasteiger partial charge in [0.15, 0.2) is 5.78 Å². The van der Waals surface area contributed by atoms with Crippen molar-refractivity contribution in [2.75, 3.05) is 26.2 Å². The molecule has 1 fully saturated rings. The molecule has 0 aromatic carbocycles. The lowest BCUT2D eigenvalue weighted by molar-refractivity contribution is -0.135. The fourth-order valence-electron chi connectivity index (χ4n) is 1.67. The molecule has 3 heteroatoms. The minimum Gasteiger partial charge on any atom is -0.368 e. The van der Waals surface area contributed by atoms with Gasteiger partial charge < -0.3 is 4.74 Å². The highest BCUT2D eigenvalue weighted by atomic mass is 16.5. The zero-order valence-electron chi connectivity index (χ0n) is 9.79. The summed E-state index contributed by atoms with van der Waals surface area (Å²) >= 11 is 0. The van der Waals surface area contributed by atoms with Crippen LogP contribution in [0.2, 0.25) is 0 Å². The monoisotopic (exact) mass is 211 g/mol. The van der Waals surface area contributed by atoms with E-state index in [0.717, 1.165) is 31.6 Å². The van der Waals surface area contributed by atoms with Gasteiger partial charge in [0.2, 0.25) is 0 Å². The van der Waals surface area contributed by atoms with Crippen LogP contribution in [0.4, 0.5) is 0 Å². The van der Waals surface area contributed by atoms with Crippen LogP contribution in [0.3, 0.4) is 0 Å². The Labute approximate surface area is 92.1 Å². The lowest BCUT2D eigenvalue weighted by Crippen LogP contribution is -2.45. The third-order valence-corrected chi connectivity index (χ3v) is 2.88. The van der Waals surface area contributed by atoms with Crippen LogP contribution in [0.25, 0.3) is 0 Å². The van der Waals surface area contributed by atoms with Gasteiger partial charge in [-0.3, -0.25) is 9.69 Å². The molecule has 1 heterocycles. The Bertz CT molecular complexity index is 238. The number of morpholine rings is 1. The molecule has 1 saturated heterocycles. The molecule has 0 N–H and O–H groups in total. The molecular formula is C12H21NO2. The number of ether oxygens (including phenoxy) is 1. The van der Waals surface area contributed by atoms with Crippen LogP contribution in [-0.4, -0.2) is 43.0 Å². The number of carbonyl (C=O) groups excluding carboxylic acids is 1. The van der Waals surface area contributed by atoms with Crippen LogP contribution in [0.5, 0.6) is 0 Å². The molecule has 0 saturated carbocycles. The van der Waals surface area contributed by atoms with Gasteiger partial charge in [-0.25, -0.2) is 0 Å². The Hall–Kier alpha value is -0.670. The normalized spacial score (nSPS) is 22.7.